The maximum absolute atomic E-state index is 12.0. The zero-order valence-corrected chi connectivity index (χ0v) is 19.3. The third-order valence-electron chi connectivity index (χ3n) is 9.02. The Morgan fingerprint density at radius 1 is 1.00 bits per heavy atom. The first-order chi connectivity index (χ1) is 13.1. The van der Waals surface area contributed by atoms with Crippen LogP contribution in [-0.2, 0) is 9.47 Å². The Hall–Kier alpha value is 0.140. The molecule has 0 aromatic heterocycles. The van der Waals surface area contributed by atoms with Crippen LogP contribution in [-0.4, -0.2) is 22.7 Å². The number of carbonyl (C=O) groups is 1. The smallest absolute Gasteiger partial charge is 0.431 e. The van der Waals surface area contributed by atoms with E-state index in [-0.39, 0.29) is 12.7 Å². The minimum absolute atomic E-state index is 0.0714. The van der Waals surface area contributed by atoms with Crippen molar-refractivity contribution in [2.24, 2.45) is 34.5 Å². The van der Waals surface area contributed by atoms with Gasteiger partial charge in [-0.25, -0.2) is 4.79 Å². The quantitative estimate of drug-likeness (QED) is 0.326. The molecule has 4 fully saturated rings. The first kappa shape index (κ1) is 21.4. The highest BCUT2D eigenvalue weighted by atomic mass is 35.6. The van der Waals surface area contributed by atoms with Crippen LogP contribution in [0, 0.1) is 34.5 Å². The van der Waals surface area contributed by atoms with E-state index in [9.17, 15) is 4.79 Å². The van der Waals surface area contributed by atoms with Crippen molar-refractivity contribution >= 4 is 41.0 Å². The number of fused-ring (bicyclic) bond motifs is 5. The molecule has 0 saturated heterocycles. The summed E-state index contributed by atoms with van der Waals surface area (Å²) in [5, 5.41) is 0. The topological polar surface area (TPSA) is 35.5 Å². The Labute approximate surface area is 184 Å². The fourth-order valence-corrected chi connectivity index (χ4v) is 7.79. The van der Waals surface area contributed by atoms with E-state index in [2.05, 4.69) is 13.8 Å². The van der Waals surface area contributed by atoms with Gasteiger partial charge in [0.15, 0.2) is 0 Å². The lowest BCUT2D eigenvalue weighted by Crippen LogP contribution is -2.53. The molecule has 3 nitrogen and oxygen atoms in total. The average Bonchev–Trinajstić information content (AvgIpc) is 3.01. The van der Waals surface area contributed by atoms with Crippen molar-refractivity contribution in [2.75, 3.05) is 6.61 Å². The first-order valence-corrected chi connectivity index (χ1v) is 12.1. The summed E-state index contributed by atoms with van der Waals surface area (Å²) in [5.41, 5.74) is 1.01. The molecule has 0 N–H and O–H groups in total. The number of ether oxygens (including phenoxy) is 2. The highest BCUT2D eigenvalue weighted by molar-refractivity contribution is 6.67. The van der Waals surface area contributed by atoms with Crippen molar-refractivity contribution < 1.29 is 14.3 Å². The van der Waals surface area contributed by atoms with Gasteiger partial charge in [0.2, 0.25) is 3.79 Å². The van der Waals surface area contributed by atoms with Gasteiger partial charge >= 0.3 is 6.16 Å². The van der Waals surface area contributed by atoms with Crippen LogP contribution in [0.1, 0.15) is 78.1 Å². The van der Waals surface area contributed by atoms with Crippen LogP contribution >= 0.6 is 34.8 Å². The summed E-state index contributed by atoms with van der Waals surface area (Å²) in [4.78, 5) is 12.0. The molecule has 0 spiro atoms. The zero-order valence-electron chi connectivity index (χ0n) is 17.0. The van der Waals surface area contributed by atoms with Gasteiger partial charge in [0.1, 0.15) is 12.7 Å². The van der Waals surface area contributed by atoms with Crippen molar-refractivity contribution in [1.29, 1.82) is 0 Å². The monoisotopic (exact) mass is 450 g/mol. The molecule has 4 saturated carbocycles. The standard InChI is InChI=1S/C22H33Cl3O3/c1-20-9-3-4-17(20)16-6-5-14-12-15(28-19(26)27-13-22(23,24)25)7-11-21(14,2)18(16)8-10-20/h14-18H,3-13H2,1-2H3/t14-,15+,16-,17+,18+,20+,21-/m0/s1. The predicted octanol–water partition coefficient (Wildman–Crippen LogP) is 7.31. The molecule has 0 aromatic rings. The van der Waals surface area contributed by atoms with Crippen LogP contribution in [0.4, 0.5) is 4.79 Å². The molecule has 0 unspecified atom stereocenters. The Morgan fingerprint density at radius 2 is 1.79 bits per heavy atom. The average molecular weight is 452 g/mol. The third-order valence-corrected chi connectivity index (χ3v) is 9.34. The molecule has 4 rings (SSSR count). The van der Waals surface area contributed by atoms with Crippen LogP contribution in [0.3, 0.4) is 0 Å². The second-order valence-electron chi connectivity index (χ2n) is 10.4. The van der Waals surface area contributed by atoms with Crippen LogP contribution in [0.25, 0.3) is 0 Å². The molecule has 0 aliphatic heterocycles. The number of halogens is 3. The van der Waals surface area contributed by atoms with Crippen molar-refractivity contribution in [3.05, 3.63) is 0 Å². The second kappa shape index (κ2) is 7.68. The van der Waals surface area contributed by atoms with Gasteiger partial charge in [0.05, 0.1) is 0 Å². The first-order valence-electron chi connectivity index (χ1n) is 11.0. The summed E-state index contributed by atoms with van der Waals surface area (Å²) in [6.07, 6.45) is 12.0. The minimum atomic E-state index is -1.60. The van der Waals surface area contributed by atoms with Crippen molar-refractivity contribution in [3.63, 3.8) is 0 Å². The normalized spacial score (nSPS) is 45.5. The Kier molecular flexibility index (Phi) is 5.86. The zero-order chi connectivity index (χ0) is 20.2. The molecule has 0 bridgehead atoms. The van der Waals surface area contributed by atoms with E-state index in [1.54, 1.807) is 0 Å². The summed E-state index contributed by atoms with van der Waals surface area (Å²) in [6.45, 7) is 4.81. The van der Waals surface area contributed by atoms with Crippen LogP contribution in [0.2, 0.25) is 0 Å². The fraction of sp³-hybridized carbons (Fsp3) is 0.955. The predicted molar refractivity (Wildman–Crippen MR) is 113 cm³/mol. The van der Waals surface area contributed by atoms with E-state index >= 15 is 0 Å². The van der Waals surface area contributed by atoms with Gasteiger partial charge in [-0.1, -0.05) is 55.1 Å². The summed E-state index contributed by atoms with van der Waals surface area (Å²) < 4.78 is 8.92. The van der Waals surface area contributed by atoms with Crippen LogP contribution < -0.4 is 0 Å². The number of alkyl halides is 3. The van der Waals surface area contributed by atoms with Gasteiger partial charge < -0.3 is 9.47 Å². The lowest BCUT2D eigenvalue weighted by Gasteiger charge is -2.60. The molecular formula is C22H33Cl3O3. The molecule has 28 heavy (non-hydrogen) atoms. The SMILES string of the molecule is C[C@]12CCC[C@@H]1[C@@H]1CC[C@H]3C[C@H](OC(=O)OCC(Cl)(Cl)Cl)CC[C@]3(C)[C@@H]1CC2. The molecule has 0 amide bonds. The van der Waals surface area contributed by atoms with E-state index in [1.165, 1.54) is 44.9 Å². The molecule has 160 valence electrons. The van der Waals surface area contributed by atoms with Crippen molar-refractivity contribution in [2.45, 2.75) is 88.0 Å². The van der Waals surface area contributed by atoms with E-state index < -0.39 is 9.95 Å². The number of carbonyl (C=O) groups excluding carboxylic acids is 1. The summed E-state index contributed by atoms with van der Waals surface area (Å²) in [7, 11) is 0. The van der Waals surface area contributed by atoms with Crippen molar-refractivity contribution in [1.82, 2.24) is 0 Å². The number of hydrogen-bond donors (Lipinski definition) is 0. The van der Waals surface area contributed by atoms with Crippen molar-refractivity contribution in [3.8, 4) is 0 Å². The molecule has 0 aromatic carbocycles. The summed E-state index contributed by atoms with van der Waals surface area (Å²) in [5.74, 6) is 3.34. The Morgan fingerprint density at radius 3 is 2.54 bits per heavy atom. The lowest BCUT2D eigenvalue weighted by atomic mass is 9.45. The lowest BCUT2D eigenvalue weighted by molar-refractivity contribution is -0.124. The van der Waals surface area contributed by atoms with Gasteiger partial charge in [0.25, 0.3) is 0 Å². The van der Waals surface area contributed by atoms with E-state index in [0.717, 1.165) is 37.0 Å². The maximum Gasteiger partial charge on any atom is 0.508 e. The van der Waals surface area contributed by atoms with E-state index in [1.807, 2.05) is 0 Å². The van der Waals surface area contributed by atoms with E-state index in [0.29, 0.717) is 16.7 Å². The van der Waals surface area contributed by atoms with Gasteiger partial charge in [-0.15, -0.1) is 0 Å². The Balaban J connectivity index is 1.37. The molecule has 0 heterocycles. The largest absolute Gasteiger partial charge is 0.508 e. The summed E-state index contributed by atoms with van der Waals surface area (Å²) in [6, 6.07) is 0. The molecule has 7 atom stereocenters. The molecular weight excluding hydrogens is 419 g/mol. The fourth-order valence-electron chi connectivity index (χ4n) is 7.63. The number of rotatable bonds is 2. The second-order valence-corrected chi connectivity index (χ2v) is 12.9. The number of hydrogen-bond acceptors (Lipinski definition) is 3. The van der Waals surface area contributed by atoms with Gasteiger partial charge in [-0.2, -0.15) is 0 Å². The summed E-state index contributed by atoms with van der Waals surface area (Å²) >= 11 is 16.9. The van der Waals surface area contributed by atoms with Gasteiger partial charge in [-0.05, 0) is 92.3 Å². The van der Waals surface area contributed by atoms with Crippen LogP contribution in [0.5, 0.6) is 0 Å². The minimum Gasteiger partial charge on any atom is -0.431 e. The highest BCUT2D eigenvalue weighted by Gasteiger charge is 2.58. The third kappa shape index (κ3) is 4.02. The Bertz CT molecular complexity index is 606. The molecule has 0 radical (unpaired) electrons. The molecule has 4 aliphatic carbocycles. The van der Waals surface area contributed by atoms with Gasteiger partial charge in [-0.3, -0.25) is 0 Å². The highest BCUT2D eigenvalue weighted by Crippen LogP contribution is 2.66. The molecule has 4 aliphatic rings. The molecule has 6 heteroatoms. The maximum atomic E-state index is 12.0. The van der Waals surface area contributed by atoms with Crippen LogP contribution in [0.15, 0.2) is 0 Å². The van der Waals surface area contributed by atoms with Gasteiger partial charge in [0, 0.05) is 0 Å². The van der Waals surface area contributed by atoms with E-state index in [4.69, 9.17) is 44.3 Å².